The van der Waals surface area contributed by atoms with E-state index in [0.29, 0.717) is 18.4 Å². The standard InChI is InChI=1S/C18H21BN2OS/c1-13-10-14(2)23-17(13)11-22-18-5-3-4-16(21-18)15-6-8-19(12-20)9-7-15/h3-5,10,15H,6-9,11H2,1-2H3. The molecule has 0 amide bonds. The van der Waals surface area contributed by atoms with Gasteiger partial charge in [0.05, 0.1) is 0 Å². The Balaban J connectivity index is 1.64. The van der Waals surface area contributed by atoms with Crippen LogP contribution in [0.2, 0.25) is 12.6 Å². The summed E-state index contributed by atoms with van der Waals surface area (Å²) < 4.78 is 5.91. The van der Waals surface area contributed by atoms with Crippen LogP contribution in [-0.2, 0) is 6.61 Å². The second kappa shape index (κ2) is 7.19. The third kappa shape index (κ3) is 3.94. The van der Waals surface area contributed by atoms with Gasteiger partial charge in [-0.3, -0.25) is 0 Å². The molecule has 0 atom stereocenters. The van der Waals surface area contributed by atoms with Crippen molar-refractivity contribution in [2.24, 2.45) is 0 Å². The molecule has 0 unspecified atom stereocenters. The van der Waals surface area contributed by atoms with Crippen molar-refractivity contribution in [1.29, 1.82) is 5.26 Å². The van der Waals surface area contributed by atoms with E-state index in [1.807, 2.05) is 12.1 Å². The first-order valence-electron chi connectivity index (χ1n) is 8.21. The molecular formula is C18H21BN2OS. The largest absolute Gasteiger partial charge is 0.472 e. The number of pyridine rings is 1. The lowest BCUT2D eigenvalue weighted by atomic mass is 9.41. The number of hydrogen-bond acceptors (Lipinski definition) is 4. The highest BCUT2D eigenvalue weighted by molar-refractivity contribution is 7.12. The Labute approximate surface area is 142 Å². The average Bonchev–Trinajstić information content (AvgIpc) is 2.91. The maximum absolute atomic E-state index is 9.01. The number of hydrogen-bond donors (Lipinski definition) is 0. The Morgan fingerprint density at radius 3 is 2.78 bits per heavy atom. The Bertz CT molecular complexity index is 714. The van der Waals surface area contributed by atoms with E-state index in [1.165, 1.54) is 15.3 Å². The minimum atomic E-state index is 0.232. The fourth-order valence-electron chi connectivity index (χ4n) is 3.23. The summed E-state index contributed by atoms with van der Waals surface area (Å²) in [7, 11) is 0. The molecule has 0 N–H and O–H groups in total. The van der Waals surface area contributed by atoms with Crippen LogP contribution in [0.25, 0.3) is 0 Å². The van der Waals surface area contributed by atoms with E-state index >= 15 is 0 Å². The third-order valence-corrected chi connectivity index (χ3v) is 5.69. The van der Waals surface area contributed by atoms with Gasteiger partial charge in [0.1, 0.15) is 6.61 Å². The lowest BCUT2D eigenvalue weighted by molar-refractivity contribution is 0.295. The fraction of sp³-hybridized carbons (Fsp3) is 0.444. The topological polar surface area (TPSA) is 45.9 Å². The molecule has 3 heterocycles. The van der Waals surface area contributed by atoms with Crippen molar-refractivity contribution in [2.45, 2.75) is 51.9 Å². The highest BCUT2D eigenvalue weighted by atomic mass is 32.1. The molecule has 118 valence electrons. The van der Waals surface area contributed by atoms with Gasteiger partial charge in [-0.1, -0.05) is 31.5 Å². The predicted octanol–water partition coefficient (Wildman–Crippen LogP) is 4.77. The first kappa shape index (κ1) is 16.1. The molecule has 0 saturated carbocycles. The van der Waals surface area contributed by atoms with Gasteiger partial charge >= 0.3 is 0 Å². The molecule has 0 bridgehead atoms. The van der Waals surface area contributed by atoms with Crippen LogP contribution in [0, 0.1) is 25.1 Å². The number of nitrogens with zero attached hydrogens (tertiary/aromatic N) is 2. The molecule has 1 aliphatic rings. The molecule has 5 heteroatoms. The van der Waals surface area contributed by atoms with Crippen LogP contribution in [0.4, 0.5) is 0 Å². The third-order valence-electron chi connectivity index (χ3n) is 4.57. The van der Waals surface area contributed by atoms with Gasteiger partial charge in [0.15, 0.2) is 0 Å². The number of thiophene rings is 1. The monoisotopic (exact) mass is 324 g/mol. The van der Waals surface area contributed by atoms with Crippen molar-refractivity contribution >= 4 is 18.0 Å². The molecule has 23 heavy (non-hydrogen) atoms. The van der Waals surface area contributed by atoms with Gasteiger partial charge in [-0.25, -0.2) is 10.2 Å². The number of aryl methyl sites for hydroxylation is 2. The van der Waals surface area contributed by atoms with Crippen LogP contribution in [-0.4, -0.2) is 11.7 Å². The van der Waals surface area contributed by atoms with Crippen LogP contribution in [0.15, 0.2) is 24.3 Å². The van der Waals surface area contributed by atoms with Gasteiger partial charge in [0.25, 0.3) is 6.71 Å². The van der Waals surface area contributed by atoms with E-state index in [9.17, 15) is 0 Å². The summed E-state index contributed by atoms with van der Waals surface area (Å²) in [6.07, 6.45) is 4.08. The summed E-state index contributed by atoms with van der Waals surface area (Å²) in [6.45, 7) is 5.06. The number of aromatic nitrogens is 1. The van der Waals surface area contributed by atoms with Gasteiger partial charge in [-0.2, -0.15) is 0 Å². The number of rotatable bonds is 4. The SMILES string of the molecule is Cc1cc(C)c(COc2cccc(C3CCB(C#N)CC3)n2)s1. The molecule has 0 spiro atoms. The normalized spacial score (nSPS) is 15.4. The summed E-state index contributed by atoms with van der Waals surface area (Å²) in [5.41, 5.74) is 2.40. The van der Waals surface area contributed by atoms with Gasteiger partial charge in [0.2, 0.25) is 5.88 Å². The van der Waals surface area contributed by atoms with Crippen LogP contribution in [0.1, 0.15) is 39.8 Å². The Morgan fingerprint density at radius 1 is 1.35 bits per heavy atom. The van der Waals surface area contributed by atoms with Crippen molar-refractivity contribution < 1.29 is 4.74 Å². The van der Waals surface area contributed by atoms with E-state index < -0.39 is 0 Å². The van der Waals surface area contributed by atoms with Crippen LogP contribution in [0.3, 0.4) is 0 Å². The minimum absolute atomic E-state index is 0.232. The minimum Gasteiger partial charge on any atom is -0.472 e. The molecule has 0 aromatic carbocycles. The molecule has 2 aromatic rings. The predicted molar refractivity (Wildman–Crippen MR) is 95.3 cm³/mol. The summed E-state index contributed by atoms with van der Waals surface area (Å²) in [6, 6.07) is 8.24. The van der Waals surface area contributed by atoms with E-state index in [2.05, 4.69) is 31.9 Å². The van der Waals surface area contributed by atoms with Crippen molar-refractivity contribution in [3.63, 3.8) is 0 Å². The molecule has 1 fully saturated rings. The maximum atomic E-state index is 9.01. The highest BCUT2D eigenvalue weighted by Gasteiger charge is 2.26. The molecule has 1 aliphatic heterocycles. The van der Waals surface area contributed by atoms with E-state index in [1.54, 1.807) is 11.3 Å². The van der Waals surface area contributed by atoms with Crippen molar-refractivity contribution in [3.8, 4) is 11.8 Å². The zero-order valence-corrected chi connectivity index (χ0v) is 14.5. The molecule has 0 radical (unpaired) electrons. The molecule has 2 aromatic heterocycles. The van der Waals surface area contributed by atoms with Crippen LogP contribution >= 0.6 is 11.3 Å². The average molecular weight is 324 g/mol. The maximum Gasteiger partial charge on any atom is 0.267 e. The van der Waals surface area contributed by atoms with Gasteiger partial charge in [-0.05, 0) is 31.5 Å². The van der Waals surface area contributed by atoms with Gasteiger partial charge in [0, 0.05) is 33.4 Å². The lowest BCUT2D eigenvalue weighted by Gasteiger charge is -2.22. The van der Waals surface area contributed by atoms with E-state index in [0.717, 1.165) is 31.2 Å². The molecule has 3 rings (SSSR count). The zero-order chi connectivity index (χ0) is 16.2. The second-order valence-electron chi connectivity index (χ2n) is 6.33. The Hall–Kier alpha value is -1.80. The van der Waals surface area contributed by atoms with Crippen molar-refractivity contribution in [1.82, 2.24) is 4.98 Å². The summed E-state index contributed by atoms with van der Waals surface area (Å²) in [5, 5.41) is 9.01. The second-order valence-corrected chi connectivity index (χ2v) is 7.67. The summed E-state index contributed by atoms with van der Waals surface area (Å²) in [4.78, 5) is 7.28. The Morgan fingerprint density at radius 2 is 2.13 bits per heavy atom. The smallest absolute Gasteiger partial charge is 0.267 e. The van der Waals surface area contributed by atoms with Gasteiger partial charge < -0.3 is 4.74 Å². The van der Waals surface area contributed by atoms with Crippen LogP contribution in [0.5, 0.6) is 5.88 Å². The first-order chi connectivity index (χ1) is 11.2. The van der Waals surface area contributed by atoms with Gasteiger partial charge in [-0.15, -0.1) is 11.3 Å². The van der Waals surface area contributed by atoms with E-state index in [4.69, 9.17) is 15.0 Å². The zero-order valence-electron chi connectivity index (χ0n) is 13.7. The number of nitriles is 1. The molecule has 3 nitrogen and oxygen atoms in total. The highest BCUT2D eigenvalue weighted by Crippen LogP contribution is 2.33. The van der Waals surface area contributed by atoms with Crippen molar-refractivity contribution in [3.05, 3.63) is 45.3 Å². The first-order valence-corrected chi connectivity index (χ1v) is 9.02. The quantitative estimate of drug-likeness (QED) is 0.761. The Kier molecular flexibility index (Phi) is 5.02. The van der Waals surface area contributed by atoms with Crippen LogP contribution < -0.4 is 4.74 Å². The molecular weight excluding hydrogens is 303 g/mol. The summed E-state index contributed by atoms with van der Waals surface area (Å²) >= 11 is 1.79. The van der Waals surface area contributed by atoms with E-state index in [-0.39, 0.29) is 6.71 Å². The molecule has 1 saturated heterocycles. The summed E-state index contributed by atoms with van der Waals surface area (Å²) in [5.74, 6) is 3.56. The molecule has 0 aliphatic carbocycles. The number of ether oxygens (including phenoxy) is 1. The van der Waals surface area contributed by atoms with Crippen molar-refractivity contribution in [2.75, 3.05) is 0 Å². The fourth-order valence-corrected chi connectivity index (χ4v) is 4.19. The lowest BCUT2D eigenvalue weighted by Crippen LogP contribution is -2.19.